The topological polar surface area (TPSA) is 82.6 Å². The van der Waals surface area contributed by atoms with E-state index in [1.165, 1.54) is 5.23 Å². The molecule has 2 aliphatic rings. The van der Waals surface area contributed by atoms with Gasteiger partial charge in [-0.2, -0.15) is 0 Å². The van der Waals surface area contributed by atoms with Crippen molar-refractivity contribution in [1.82, 2.24) is 10.1 Å². The van der Waals surface area contributed by atoms with Crippen molar-refractivity contribution in [3.63, 3.8) is 0 Å². The Labute approximate surface area is 140 Å². The van der Waals surface area contributed by atoms with Gasteiger partial charge in [-0.1, -0.05) is 11.3 Å². The third-order valence-corrected chi connectivity index (χ3v) is 4.03. The van der Waals surface area contributed by atoms with Gasteiger partial charge < -0.3 is 10.0 Å². The van der Waals surface area contributed by atoms with Crippen molar-refractivity contribution in [2.75, 3.05) is 38.8 Å². The molecule has 0 bridgehead atoms. The fourth-order valence-corrected chi connectivity index (χ4v) is 2.89. The molecule has 130 valence electrons. The maximum atomic E-state index is 12.9. The van der Waals surface area contributed by atoms with Gasteiger partial charge in [0.1, 0.15) is 0 Å². The van der Waals surface area contributed by atoms with Gasteiger partial charge in [0, 0.05) is 32.8 Å². The van der Waals surface area contributed by atoms with Crippen LogP contribution in [0.2, 0.25) is 0 Å². The minimum absolute atomic E-state index is 0.00704. The van der Waals surface area contributed by atoms with Gasteiger partial charge in [-0.05, 0) is 18.6 Å². The molecule has 1 aromatic rings. The second-order valence-corrected chi connectivity index (χ2v) is 5.89. The number of anilines is 1. The standard InChI is InChI=1S/C16H21N3O5/c1-17(2)12-6-3-5-11-14(12)16(22)19(15(11)21)13-7-10-23-18(24-13)8-4-9-20/h3,5-6,13,20H,4,7-10H2,1-2H3. The zero-order valence-electron chi connectivity index (χ0n) is 13.8. The van der Waals surface area contributed by atoms with Crippen molar-refractivity contribution < 1.29 is 24.4 Å². The van der Waals surface area contributed by atoms with E-state index in [9.17, 15) is 9.59 Å². The molecule has 2 heterocycles. The normalized spacial score (nSPS) is 21.3. The van der Waals surface area contributed by atoms with Crippen molar-refractivity contribution in [3.8, 4) is 0 Å². The van der Waals surface area contributed by atoms with Gasteiger partial charge in [-0.25, -0.2) is 9.74 Å². The molecule has 24 heavy (non-hydrogen) atoms. The van der Waals surface area contributed by atoms with Crippen molar-refractivity contribution >= 4 is 17.5 Å². The zero-order valence-corrected chi connectivity index (χ0v) is 13.8. The average Bonchev–Trinajstić information content (AvgIpc) is 2.84. The summed E-state index contributed by atoms with van der Waals surface area (Å²) in [6.07, 6.45) is 0.165. The van der Waals surface area contributed by atoms with E-state index in [2.05, 4.69) is 0 Å². The molecular weight excluding hydrogens is 314 g/mol. The van der Waals surface area contributed by atoms with Gasteiger partial charge in [0.25, 0.3) is 11.8 Å². The molecule has 1 aromatic carbocycles. The highest BCUT2D eigenvalue weighted by Crippen LogP contribution is 2.33. The summed E-state index contributed by atoms with van der Waals surface area (Å²) in [5.41, 5.74) is 1.50. The third-order valence-electron chi connectivity index (χ3n) is 4.03. The van der Waals surface area contributed by atoms with Crippen LogP contribution in [0, 0.1) is 0 Å². The van der Waals surface area contributed by atoms with E-state index in [1.54, 1.807) is 12.1 Å². The lowest BCUT2D eigenvalue weighted by molar-refractivity contribution is -0.424. The minimum atomic E-state index is -0.708. The van der Waals surface area contributed by atoms with Crippen LogP contribution < -0.4 is 4.90 Å². The van der Waals surface area contributed by atoms with Crippen molar-refractivity contribution in [2.45, 2.75) is 19.1 Å². The van der Waals surface area contributed by atoms with E-state index in [4.69, 9.17) is 14.8 Å². The second kappa shape index (κ2) is 6.86. The van der Waals surface area contributed by atoms with E-state index in [1.807, 2.05) is 25.1 Å². The fraction of sp³-hybridized carbons (Fsp3) is 0.500. The Bertz CT molecular complexity index is 649. The number of fused-ring (bicyclic) bond motifs is 1. The Kier molecular flexibility index (Phi) is 4.81. The molecule has 0 radical (unpaired) electrons. The van der Waals surface area contributed by atoms with Crippen molar-refractivity contribution in [2.24, 2.45) is 0 Å². The number of hydrogen-bond donors (Lipinski definition) is 1. The molecule has 0 spiro atoms. The molecule has 1 unspecified atom stereocenters. The molecule has 8 heteroatoms. The van der Waals surface area contributed by atoms with Gasteiger partial charge in [0.2, 0.25) is 0 Å². The summed E-state index contributed by atoms with van der Waals surface area (Å²) in [5.74, 6) is -0.707. The summed E-state index contributed by atoms with van der Waals surface area (Å²) >= 11 is 0. The summed E-state index contributed by atoms with van der Waals surface area (Å²) in [7, 11) is 3.66. The predicted molar refractivity (Wildman–Crippen MR) is 85.1 cm³/mol. The smallest absolute Gasteiger partial charge is 0.265 e. The Morgan fingerprint density at radius 3 is 2.79 bits per heavy atom. The van der Waals surface area contributed by atoms with E-state index in [-0.39, 0.29) is 18.4 Å². The van der Waals surface area contributed by atoms with Crippen LogP contribution in [0.5, 0.6) is 0 Å². The Morgan fingerprint density at radius 1 is 1.29 bits per heavy atom. The number of carbonyl (C=O) groups excluding carboxylic acids is 2. The number of aliphatic hydroxyl groups excluding tert-OH is 1. The number of aliphatic hydroxyl groups is 1. The molecule has 8 nitrogen and oxygen atoms in total. The van der Waals surface area contributed by atoms with E-state index >= 15 is 0 Å². The number of amides is 2. The fourth-order valence-electron chi connectivity index (χ4n) is 2.89. The predicted octanol–water partition coefficient (Wildman–Crippen LogP) is 0.626. The maximum absolute atomic E-state index is 12.9. The van der Waals surface area contributed by atoms with Crippen molar-refractivity contribution in [3.05, 3.63) is 29.3 Å². The van der Waals surface area contributed by atoms with Gasteiger partial charge in [0.15, 0.2) is 6.23 Å². The first-order valence-electron chi connectivity index (χ1n) is 7.91. The third kappa shape index (κ3) is 2.89. The van der Waals surface area contributed by atoms with Crippen LogP contribution in [0.1, 0.15) is 33.6 Å². The summed E-state index contributed by atoms with van der Waals surface area (Å²) in [6.45, 7) is 0.705. The largest absolute Gasteiger partial charge is 0.396 e. The number of carbonyl (C=O) groups is 2. The van der Waals surface area contributed by atoms with E-state index < -0.39 is 6.23 Å². The number of hydrogen-bond acceptors (Lipinski definition) is 7. The molecule has 1 N–H and O–H groups in total. The minimum Gasteiger partial charge on any atom is -0.396 e. The van der Waals surface area contributed by atoms with Gasteiger partial charge in [-0.3, -0.25) is 14.4 Å². The van der Waals surface area contributed by atoms with E-state index in [0.29, 0.717) is 42.8 Å². The van der Waals surface area contributed by atoms with E-state index in [0.717, 1.165) is 4.90 Å². The lowest BCUT2D eigenvalue weighted by atomic mass is 10.1. The monoisotopic (exact) mass is 335 g/mol. The molecule has 1 fully saturated rings. The molecule has 2 amide bonds. The SMILES string of the molecule is CN(C)c1cccc2c1C(=O)N(C1CCON(CCCO)O1)C2=O. The Hall–Kier alpha value is -2.00. The Morgan fingerprint density at radius 2 is 2.08 bits per heavy atom. The molecule has 0 saturated carbocycles. The van der Waals surface area contributed by atoms with Crippen LogP contribution in [0.3, 0.4) is 0 Å². The second-order valence-electron chi connectivity index (χ2n) is 5.89. The first kappa shape index (κ1) is 16.8. The average molecular weight is 335 g/mol. The molecule has 0 aromatic heterocycles. The van der Waals surface area contributed by atoms with Gasteiger partial charge in [-0.15, -0.1) is 0 Å². The van der Waals surface area contributed by atoms with Crippen LogP contribution in [-0.4, -0.2) is 67.1 Å². The van der Waals surface area contributed by atoms with Crippen molar-refractivity contribution in [1.29, 1.82) is 0 Å². The van der Waals surface area contributed by atoms with Crippen LogP contribution in [0.15, 0.2) is 18.2 Å². The highest BCUT2D eigenvalue weighted by atomic mass is 17.0. The number of rotatable bonds is 5. The lowest BCUT2D eigenvalue weighted by Gasteiger charge is -2.35. The number of imide groups is 1. The lowest BCUT2D eigenvalue weighted by Crippen LogP contribution is -2.49. The molecule has 2 aliphatic heterocycles. The summed E-state index contributed by atoms with van der Waals surface area (Å²) < 4.78 is 0. The highest BCUT2D eigenvalue weighted by Gasteiger charge is 2.44. The number of benzene rings is 1. The van der Waals surface area contributed by atoms with Crippen LogP contribution in [0.4, 0.5) is 5.69 Å². The Balaban J connectivity index is 1.84. The van der Waals surface area contributed by atoms with Gasteiger partial charge >= 0.3 is 0 Å². The zero-order chi connectivity index (χ0) is 17.3. The number of nitrogens with zero attached hydrogens (tertiary/aromatic N) is 3. The highest BCUT2D eigenvalue weighted by molar-refractivity contribution is 6.23. The van der Waals surface area contributed by atoms with Crippen LogP contribution in [-0.2, 0) is 9.68 Å². The van der Waals surface area contributed by atoms with Crippen LogP contribution >= 0.6 is 0 Å². The number of hydroxylamine groups is 2. The first-order chi connectivity index (χ1) is 11.5. The van der Waals surface area contributed by atoms with Gasteiger partial charge in [0.05, 0.1) is 24.3 Å². The molecular formula is C16H21N3O5. The summed E-state index contributed by atoms with van der Waals surface area (Å²) in [5, 5.41) is 10.1. The molecule has 0 aliphatic carbocycles. The first-order valence-corrected chi connectivity index (χ1v) is 7.91. The van der Waals surface area contributed by atoms with Crippen LogP contribution in [0.25, 0.3) is 0 Å². The molecule has 1 saturated heterocycles. The summed E-state index contributed by atoms with van der Waals surface area (Å²) in [4.78, 5) is 39.5. The quantitative estimate of drug-likeness (QED) is 0.790. The molecule has 3 rings (SSSR count). The summed E-state index contributed by atoms with van der Waals surface area (Å²) in [6, 6.07) is 5.23. The maximum Gasteiger partial charge on any atom is 0.265 e. The molecule has 1 atom stereocenters.